The van der Waals surface area contributed by atoms with Gasteiger partial charge in [-0.05, 0) is 26.0 Å². The number of hydrogen-bond acceptors (Lipinski definition) is 4. The molecule has 4 heteroatoms. The smallest absolute Gasteiger partial charge is 0.142 e. The Bertz CT molecular complexity index is 368. The zero-order valence-corrected chi connectivity index (χ0v) is 9.24. The minimum Gasteiger partial charge on any atom is -0.382 e. The molecule has 1 aromatic rings. The van der Waals surface area contributed by atoms with Gasteiger partial charge in [-0.25, -0.2) is 4.98 Å². The number of nitriles is 1. The van der Waals surface area contributed by atoms with Crippen molar-refractivity contribution in [3.8, 4) is 6.07 Å². The molecule has 0 aliphatic heterocycles. The largest absolute Gasteiger partial charge is 0.382 e. The maximum Gasteiger partial charge on any atom is 0.142 e. The molecule has 0 saturated carbocycles. The van der Waals surface area contributed by atoms with Crippen LogP contribution in [0.5, 0.6) is 0 Å². The summed E-state index contributed by atoms with van der Waals surface area (Å²) < 4.78 is 5.09. The van der Waals surface area contributed by atoms with Gasteiger partial charge in [0.15, 0.2) is 0 Å². The molecule has 0 aliphatic carbocycles. The van der Waals surface area contributed by atoms with Crippen LogP contribution in [0.15, 0.2) is 18.3 Å². The third kappa shape index (κ3) is 3.56. The van der Waals surface area contributed by atoms with Gasteiger partial charge in [-0.3, -0.25) is 0 Å². The van der Waals surface area contributed by atoms with E-state index in [0.29, 0.717) is 12.3 Å². The van der Waals surface area contributed by atoms with E-state index in [-0.39, 0.29) is 5.54 Å². The normalized spacial score (nSPS) is 10.8. The van der Waals surface area contributed by atoms with Crippen molar-refractivity contribution in [1.29, 1.82) is 5.26 Å². The number of ether oxygens (including phenoxy) is 1. The Kier molecular flexibility index (Phi) is 3.64. The lowest BCUT2D eigenvalue weighted by atomic mass is 10.1. The van der Waals surface area contributed by atoms with Crippen molar-refractivity contribution in [3.05, 3.63) is 24.0 Å². The molecule has 0 spiro atoms. The molecular weight excluding hydrogens is 190 g/mol. The fourth-order valence-electron chi connectivity index (χ4n) is 1.36. The maximum atomic E-state index is 8.70. The number of hydrogen-bond donors (Lipinski definition) is 1. The van der Waals surface area contributed by atoms with Crippen LogP contribution < -0.4 is 5.32 Å². The fourth-order valence-corrected chi connectivity index (χ4v) is 1.36. The molecule has 0 amide bonds. The third-order valence-electron chi connectivity index (χ3n) is 1.86. The van der Waals surface area contributed by atoms with Gasteiger partial charge in [-0.2, -0.15) is 5.26 Å². The van der Waals surface area contributed by atoms with Gasteiger partial charge in [0.05, 0.1) is 12.1 Å². The van der Waals surface area contributed by atoms with Gasteiger partial charge in [-0.1, -0.05) is 0 Å². The molecule has 0 aromatic carbocycles. The highest BCUT2D eigenvalue weighted by molar-refractivity contribution is 5.47. The molecule has 1 rings (SSSR count). The van der Waals surface area contributed by atoms with E-state index in [1.54, 1.807) is 19.4 Å². The standard InChI is InChI=1S/C11H15N3O/c1-11(2,8-15-3)14-9-4-5-13-10(6-9)7-12/h4-6H,8H2,1-3H3,(H,13,14). The molecule has 0 bridgehead atoms. The summed E-state index contributed by atoms with van der Waals surface area (Å²) in [5.41, 5.74) is 1.12. The van der Waals surface area contributed by atoms with Crippen LogP contribution in [0.2, 0.25) is 0 Å². The minimum atomic E-state index is -0.164. The molecule has 0 unspecified atom stereocenters. The van der Waals surface area contributed by atoms with E-state index in [1.807, 2.05) is 26.0 Å². The van der Waals surface area contributed by atoms with Gasteiger partial charge < -0.3 is 10.1 Å². The van der Waals surface area contributed by atoms with E-state index in [0.717, 1.165) is 5.69 Å². The van der Waals surface area contributed by atoms with E-state index >= 15 is 0 Å². The summed E-state index contributed by atoms with van der Waals surface area (Å²) in [6, 6.07) is 5.55. The van der Waals surface area contributed by atoms with Crippen molar-refractivity contribution in [2.75, 3.05) is 19.0 Å². The fraction of sp³-hybridized carbons (Fsp3) is 0.455. The SMILES string of the molecule is COCC(C)(C)Nc1ccnc(C#N)c1. The summed E-state index contributed by atoms with van der Waals surface area (Å²) in [5.74, 6) is 0. The van der Waals surface area contributed by atoms with Crippen molar-refractivity contribution in [2.45, 2.75) is 19.4 Å². The molecule has 80 valence electrons. The number of pyridine rings is 1. The Morgan fingerprint density at radius 3 is 2.93 bits per heavy atom. The van der Waals surface area contributed by atoms with Crippen molar-refractivity contribution in [3.63, 3.8) is 0 Å². The van der Waals surface area contributed by atoms with E-state index in [2.05, 4.69) is 10.3 Å². The summed E-state index contributed by atoms with van der Waals surface area (Å²) in [6.07, 6.45) is 1.61. The van der Waals surface area contributed by atoms with Crippen LogP contribution in [0.25, 0.3) is 0 Å². The average molecular weight is 205 g/mol. The second-order valence-corrected chi connectivity index (χ2v) is 3.98. The Morgan fingerprint density at radius 2 is 2.33 bits per heavy atom. The Labute approximate surface area is 89.9 Å². The van der Waals surface area contributed by atoms with Crippen LogP contribution in [-0.4, -0.2) is 24.2 Å². The van der Waals surface area contributed by atoms with Gasteiger partial charge in [-0.15, -0.1) is 0 Å². The number of nitrogens with one attached hydrogen (secondary N) is 1. The summed E-state index contributed by atoms with van der Waals surface area (Å²) in [6.45, 7) is 4.66. The van der Waals surface area contributed by atoms with Gasteiger partial charge in [0.2, 0.25) is 0 Å². The number of anilines is 1. The van der Waals surface area contributed by atoms with Crippen LogP contribution in [0.3, 0.4) is 0 Å². The third-order valence-corrected chi connectivity index (χ3v) is 1.86. The minimum absolute atomic E-state index is 0.164. The first-order valence-electron chi connectivity index (χ1n) is 4.71. The molecule has 0 radical (unpaired) electrons. The van der Waals surface area contributed by atoms with Gasteiger partial charge in [0, 0.05) is 19.0 Å². The Balaban J connectivity index is 2.76. The van der Waals surface area contributed by atoms with E-state index in [1.165, 1.54) is 0 Å². The quantitative estimate of drug-likeness (QED) is 0.814. The first-order valence-corrected chi connectivity index (χ1v) is 4.71. The lowest BCUT2D eigenvalue weighted by molar-refractivity contribution is 0.158. The highest BCUT2D eigenvalue weighted by Gasteiger charge is 2.16. The van der Waals surface area contributed by atoms with Crippen molar-refractivity contribution in [2.24, 2.45) is 0 Å². The Morgan fingerprint density at radius 1 is 1.60 bits per heavy atom. The summed E-state index contributed by atoms with van der Waals surface area (Å²) >= 11 is 0. The monoisotopic (exact) mass is 205 g/mol. The number of nitrogens with zero attached hydrogens (tertiary/aromatic N) is 2. The van der Waals surface area contributed by atoms with Crippen molar-refractivity contribution >= 4 is 5.69 Å². The predicted molar refractivity (Wildman–Crippen MR) is 58.5 cm³/mol. The number of rotatable bonds is 4. The van der Waals surface area contributed by atoms with Gasteiger partial charge in [0.1, 0.15) is 11.8 Å². The average Bonchev–Trinajstić information content (AvgIpc) is 2.17. The molecule has 0 atom stereocenters. The summed E-state index contributed by atoms with van der Waals surface area (Å²) in [4.78, 5) is 3.90. The topological polar surface area (TPSA) is 57.9 Å². The summed E-state index contributed by atoms with van der Waals surface area (Å²) in [7, 11) is 1.66. The zero-order chi connectivity index (χ0) is 11.3. The van der Waals surface area contributed by atoms with Gasteiger partial charge >= 0.3 is 0 Å². The van der Waals surface area contributed by atoms with Gasteiger partial charge in [0.25, 0.3) is 0 Å². The van der Waals surface area contributed by atoms with Crippen LogP contribution in [0, 0.1) is 11.3 Å². The van der Waals surface area contributed by atoms with E-state index in [9.17, 15) is 0 Å². The first kappa shape index (κ1) is 11.5. The molecule has 0 fully saturated rings. The van der Waals surface area contributed by atoms with Crippen LogP contribution in [0.4, 0.5) is 5.69 Å². The molecule has 1 N–H and O–H groups in total. The highest BCUT2D eigenvalue weighted by Crippen LogP contribution is 2.15. The lowest BCUT2D eigenvalue weighted by Crippen LogP contribution is -2.35. The van der Waals surface area contributed by atoms with Crippen LogP contribution in [-0.2, 0) is 4.74 Å². The Hall–Kier alpha value is -1.60. The highest BCUT2D eigenvalue weighted by atomic mass is 16.5. The van der Waals surface area contributed by atoms with Crippen LogP contribution >= 0.6 is 0 Å². The molecule has 15 heavy (non-hydrogen) atoms. The first-order chi connectivity index (χ1) is 7.07. The summed E-state index contributed by atoms with van der Waals surface area (Å²) in [5, 5.41) is 12.0. The van der Waals surface area contributed by atoms with Crippen molar-refractivity contribution < 1.29 is 4.74 Å². The number of aromatic nitrogens is 1. The van der Waals surface area contributed by atoms with E-state index in [4.69, 9.17) is 10.00 Å². The predicted octanol–water partition coefficient (Wildman–Crippen LogP) is 1.79. The molecule has 0 aliphatic rings. The zero-order valence-electron chi connectivity index (χ0n) is 9.24. The molecule has 1 heterocycles. The maximum absolute atomic E-state index is 8.70. The lowest BCUT2D eigenvalue weighted by Gasteiger charge is -2.26. The second-order valence-electron chi connectivity index (χ2n) is 3.98. The van der Waals surface area contributed by atoms with Crippen molar-refractivity contribution in [1.82, 2.24) is 4.98 Å². The number of methoxy groups -OCH3 is 1. The second kappa shape index (κ2) is 4.76. The van der Waals surface area contributed by atoms with E-state index < -0.39 is 0 Å². The molecule has 1 aromatic heterocycles. The van der Waals surface area contributed by atoms with Crippen LogP contribution in [0.1, 0.15) is 19.5 Å². The molecular formula is C11H15N3O. The molecule has 0 saturated heterocycles. The molecule has 4 nitrogen and oxygen atoms in total.